The summed E-state index contributed by atoms with van der Waals surface area (Å²) in [5.41, 5.74) is 0.803. The maximum absolute atomic E-state index is 13.1. The first kappa shape index (κ1) is 21.3. The molecule has 0 fully saturated rings. The van der Waals surface area contributed by atoms with Gasteiger partial charge < -0.3 is 9.47 Å². The van der Waals surface area contributed by atoms with Crippen LogP contribution < -0.4 is 9.47 Å². The average molecular weight is 431 g/mol. The van der Waals surface area contributed by atoms with Crippen LogP contribution in [-0.4, -0.2) is 35.5 Å². The predicted octanol–water partition coefficient (Wildman–Crippen LogP) is 3.80. The molecule has 1 heterocycles. The smallest absolute Gasteiger partial charge is 0.315 e. The van der Waals surface area contributed by atoms with E-state index in [1.807, 2.05) is 6.92 Å². The zero-order valence-electron chi connectivity index (χ0n) is 16.7. The minimum absolute atomic E-state index is 0.00685. The van der Waals surface area contributed by atoms with Crippen molar-refractivity contribution in [3.63, 3.8) is 0 Å². The summed E-state index contributed by atoms with van der Waals surface area (Å²) >= 11 is 0. The molecule has 0 aliphatic heterocycles. The van der Waals surface area contributed by atoms with Crippen molar-refractivity contribution < 1.29 is 22.8 Å². The third kappa shape index (κ3) is 3.99. The lowest BCUT2D eigenvalue weighted by atomic mass is 10.1. The van der Waals surface area contributed by atoms with Crippen molar-refractivity contribution in [2.75, 3.05) is 13.2 Å². The van der Waals surface area contributed by atoms with Crippen molar-refractivity contribution in [3.8, 4) is 22.9 Å². The normalized spacial score (nSPS) is 11.3. The third-order valence-electron chi connectivity index (χ3n) is 4.26. The van der Waals surface area contributed by atoms with E-state index in [2.05, 4.69) is 4.98 Å². The molecule has 30 heavy (non-hydrogen) atoms. The molecule has 0 atom stereocenters. The summed E-state index contributed by atoms with van der Waals surface area (Å²) in [5.74, 6) is 0.168. The van der Waals surface area contributed by atoms with E-state index in [1.54, 1.807) is 26.0 Å². The average Bonchev–Trinajstić information content (AvgIpc) is 3.20. The molecule has 158 valence electrons. The lowest BCUT2D eigenvalue weighted by molar-refractivity contribution is -0.385. The summed E-state index contributed by atoms with van der Waals surface area (Å²) in [6, 6.07) is 9.11. The van der Waals surface area contributed by atoms with Gasteiger partial charge in [-0.05, 0) is 39.0 Å². The van der Waals surface area contributed by atoms with Gasteiger partial charge in [0.1, 0.15) is 0 Å². The Hall–Kier alpha value is -3.40. The molecule has 0 N–H and O–H groups in total. The molecular weight excluding hydrogens is 410 g/mol. The van der Waals surface area contributed by atoms with Crippen molar-refractivity contribution in [1.82, 2.24) is 8.96 Å². The van der Waals surface area contributed by atoms with Crippen LogP contribution in [0.1, 0.15) is 19.4 Å². The van der Waals surface area contributed by atoms with Crippen LogP contribution in [0.5, 0.6) is 11.5 Å². The quantitative estimate of drug-likeness (QED) is 0.394. The Balaban J connectivity index is 2.19. The van der Waals surface area contributed by atoms with E-state index in [0.717, 1.165) is 9.54 Å². The monoisotopic (exact) mass is 431 g/mol. The summed E-state index contributed by atoms with van der Waals surface area (Å²) in [7, 11) is -3.96. The highest BCUT2D eigenvalue weighted by Gasteiger charge is 2.27. The zero-order chi connectivity index (χ0) is 21.9. The van der Waals surface area contributed by atoms with Gasteiger partial charge in [0.15, 0.2) is 11.6 Å². The molecule has 1 aromatic heterocycles. The van der Waals surface area contributed by atoms with Gasteiger partial charge in [-0.1, -0.05) is 17.7 Å². The Morgan fingerprint density at radius 2 is 1.77 bits per heavy atom. The van der Waals surface area contributed by atoms with Crippen LogP contribution >= 0.6 is 0 Å². The number of benzene rings is 2. The summed E-state index contributed by atoms with van der Waals surface area (Å²) in [4.78, 5) is 15.3. The van der Waals surface area contributed by atoms with Crippen molar-refractivity contribution in [2.45, 2.75) is 25.7 Å². The van der Waals surface area contributed by atoms with Gasteiger partial charge in [-0.2, -0.15) is 0 Å². The van der Waals surface area contributed by atoms with Gasteiger partial charge in [0, 0.05) is 24.0 Å². The number of nitro groups is 1. The SMILES string of the molecule is CCOc1cc(-c2nccn2S(=O)(=O)c2ccc(C)cc2)cc([N+](=O)[O-])c1OCC. The Morgan fingerprint density at radius 1 is 1.10 bits per heavy atom. The standard InChI is InChI=1S/C20H21N3O6S/c1-4-28-18-13-15(12-17(23(24)25)19(18)29-5-2)20-21-10-11-22(20)30(26,27)16-8-6-14(3)7-9-16/h6-13H,4-5H2,1-3H3. The maximum atomic E-state index is 13.1. The van der Waals surface area contributed by atoms with Crippen LogP contribution in [0.25, 0.3) is 11.4 Å². The van der Waals surface area contributed by atoms with Gasteiger partial charge in [0.2, 0.25) is 5.75 Å². The number of aryl methyl sites for hydroxylation is 1. The fourth-order valence-electron chi connectivity index (χ4n) is 2.92. The lowest BCUT2D eigenvalue weighted by Crippen LogP contribution is -2.14. The van der Waals surface area contributed by atoms with Gasteiger partial charge >= 0.3 is 5.69 Å². The third-order valence-corrected chi connectivity index (χ3v) is 5.94. The van der Waals surface area contributed by atoms with Crippen LogP contribution in [-0.2, 0) is 10.0 Å². The Labute approximate surface area is 174 Å². The molecule has 0 saturated heterocycles. The summed E-state index contributed by atoms with van der Waals surface area (Å²) in [6.07, 6.45) is 2.62. The van der Waals surface area contributed by atoms with Crippen LogP contribution in [0.2, 0.25) is 0 Å². The number of hydrogen-bond donors (Lipinski definition) is 0. The number of nitro benzene ring substituents is 1. The van der Waals surface area contributed by atoms with Gasteiger partial charge in [0.25, 0.3) is 10.0 Å². The number of ether oxygens (including phenoxy) is 2. The fourth-order valence-corrected chi connectivity index (χ4v) is 4.22. The number of imidazole rings is 1. The fraction of sp³-hybridized carbons (Fsp3) is 0.250. The molecule has 10 heteroatoms. The van der Waals surface area contributed by atoms with E-state index in [9.17, 15) is 18.5 Å². The van der Waals surface area contributed by atoms with E-state index in [4.69, 9.17) is 9.47 Å². The minimum atomic E-state index is -3.96. The number of aromatic nitrogens is 2. The number of hydrogen-bond acceptors (Lipinski definition) is 7. The second kappa shape index (κ2) is 8.54. The molecule has 0 saturated carbocycles. The van der Waals surface area contributed by atoms with E-state index in [1.165, 1.54) is 36.7 Å². The highest BCUT2D eigenvalue weighted by Crippen LogP contribution is 2.41. The second-order valence-electron chi connectivity index (χ2n) is 6.31. The Bertz CT molecular complexity index is 1170. The molecule has 0 amide bonds. The second-order valence-corrected chi connectivity index (χ2v) is 8.13. The van der Waals surface area contributed by atoms with Gasteiger partial charge in [0.05, 0.1) is 23.0 Å². The molecule has 3 rings (SSSR count). The largest absolute Gasteiger partial charge is 0.490 e. The Kier molecular flexibility index (Phi) is 6.06. The topological polar surface area (TPSA) is 114 Å². The van der Waals surface area contributed by atoms with Gasteiger partial charge in [-0.3, -0.25) is 10.1 Å². The first-order valence-electron chi connectivity index (χ1n) is 9.23. The molecule has 2 aromatic carbocycles. The van der Waals surface area contributed by atoms with E-state index >= 15 is 0 Å². The molecule has 0 radical (unpaired) electrons. The van der Waals surface area contributed by atoms with Crippen molar-refractivity contribution in [1.29, 1.82) is 0 Å². The zero-order valence-corrected chi connectivity index (χ0v) is 17.5. The number of nitrogens with zero attached hydrogens (tertiary/aromatic N) is 3. The molecule has 0 spiro atoms. The van der Waals surface area contributed by atoms with E-state index in [0.29, 0.717) is 0 Å². The van der Waals surface area contributed by atoms with Gasteiger partial charge in [-0.25, -0.2) is 17.4 Å². The van der Waals surface area contributed by atoms with Crippen LogP contribution in [0.15, 0.2) is 53.7 Å². The first-order chi connectivity index (χ1) is 14.3. The Morgan fingerprint density at radius 3 is 2.37 bits per heavy atom. The van der Waals surface area contributed by atoms with Gasteiger partial charge in [-0.15, -0.1) is 0 Å². The number of rotatable bonds is 8. The minimum Gasteiger partial charge on any atom is -0.490 e. The predicted molar refractivity (Wildman–Crippen MR) is 110 cm³/mol. The van der Waals surface area contributed by atoms with Crippen LogP contribution in [0, 0.1) is 17.0 Å². The molecule has 3 aromatic rings. The molecule has 0 aliphatic rings. The molecule has 0 unspecified atom stereocenters. The molecule has 0 bridgehead atoms. The van der Waals surface area contributed by atoms with Crippen molar-refractivity contribution >= 4 is 15.7 Å². The molecular formula is C20H21N3O6S. The molecule has 0 aliphatic carbocycles. The van der Waals surface area contributed by atoms with E-state index < -0.39 is 14.9 Å². The van der Waals surface area contributed by atoms with Crippen LogP contribution in [0.4, 0.5) is 5.69 Å². The van der Waals surface area contributed by atoms with Crippen LogP contribution in [0.3, 0.4) is 0 Å². The summed E-state index contributed by atoms with van der Waals surface area (Å²) in [5, 5.41) is 11.6. The van der Waals surface area contributed by atoms with Crippen molar-refractivity contribution in [3.05, 3.63) is 64.5 Å². The molecule has 9 nitrogen and oxygen atoms in total. The maximum Gasteiger partial charge on any atom is 0.315 e. The summed E-state index contributed by atoms with van der Waals surface area (Å²) in [6.45, 7) is 5.74. The first-order valence-corrected chi connectivity index (χ1v) is 10.7. The highest BCUT2D eigenvalue weighted by atomic mass is 32.2. The van der Waals surface area contributed by atoms with E-state index in [-0.39, 0.29) is 46.7 Å². The van der Waals surface area contributed by atoms with Crippen molar-refractivity contribution in [2.24, 2.45) is 0 Å². The highest BCUT2D eigenvalue weighted by molar-refractivity contribution is 7.90. The lowest BCUT2D eigenvalue weighted by Gasteiger charge is -2.14. The summed E-state index contributed by atoms with van der Waals surface area (Å²) < 4.78 is 38.2.